The summed E-state index contributed by atoms with van der Waals surface area (Å²) in [6.45, 7) is 9.20. The molecule has 4 nitrogen and oxygen atoms in total. The van der Waals surface area contributed by atoms with Crippen LogP contribution in [0.15, 0.2) is 16.6 Å². The molecule has 20 heavy (non-hydrogen) atoms. The van der Waals surface area contributed by atoms with Crippen LogP contribution in [-0.2, 0) is 0 Å². The first-order chi connectivity index (χ1) is 9.22. The van der Waals surface area contributed by atoms with Gasteiger partial charge in [-0.15, -0.1) is 0 Å². The number of benzene rings is 1. The van der Waals surface area contributed by atoms with Crippen molar-refractivity contribution < 1.29 is 9.31 Å². The minimum Gasteiger partial charge on any atom is -0.363 e. The quantitative estimate of drug-likeness (QED) is 0.557. The zero-order chi connectivity index (χ0) is 15.4. The van der Waals surface area contributed by atoms with Gasteiger partial charge >= 0.3 is 0 Å². The third-order valence-corrected chi connectivity index (χ3v) is 3.15. The van der Waals surface area contributed by atoms with Gasteiger partial charge in [-0.25, -0.2) is 4.39 Å². The predicted molar refractivity (Wildman–Crippen MR) is 82.6 cm³/mol. The summed E-state index contributed by atoms with van der Waals surface area (Å²) >= 11 is 3.10. The first kappa shape index (κ1) is 16.9. The van der Waals surface area contributed by atoms with Crippen LogP contribution in [0.2, 0.25) is 0 Å². The molecule has 0 aliphatic carbocycles. The van der Waals surface area contributed by atoms with Gasteiger partial charge in [0.15, 0.2) is 11.5 Å². The Labute approximate surface area is 127 Å². The Bertz CT molecular complexity index is 482. The zero-order valence-corrected chi connectivity index (χ0v) is 13.8. The molecule has 0 saturated carbocycles. The molecule has 0 bridgehead atoms. The molecule has 0 aliphatic heterocycles. The van der Waals surface area contributed by atoms with Gasteiger partial charge in [0, 0.05) is 23.6 Å². The summed E-state index contributed by atoms with van der Waals surface area (Å²) in [5.74, 6) is 0.0141. The molecule has 6 heteroatoms. The van der Waals surface area contributed by atoms with Gasteiger partial charge in [-0.3, -0.25) is 10.1 Å². The molecule has 0 fully saturated rings. The van der Waals surface area contributed by atoms with Crippen LogP contribution in [0.5, 0.6) is 0 Å². The van der Waals surface area contributed by atoms with E-state index in [9.17, 15) is 14.5 Å². The van der Waals surface area contributed by atoms with E-state index in [0.29, 0.717) is 17.6 Å². The highest BCUT2D eigenvalue weighted by Gasteiger charge is 2.25. The SMILES string of the molecule is CC(C)CN(CC(C)C)c1c(F)cc(Br)cc1[N+](=O)[O-]. The van der Waals surface area contributed by atoms with Gasteiger partial charge < -0.3 is 4.90 Å². The largest absolute Gasteiger partial charge is 0.363 e. The maximum Gasteiger partial charge on any atom is 0.296 e. The standard InChI is InChI=1S/C14H20BrFN2O2/c1-9(2)7-17(8-10(3)4)14-12(16)5-11(15)6-13(14)18(19)20/h5-6,9-10H,7-8H2,1-4H3. The third kappa shape index (κ3) is 4.44. The van der Waals surface area contributed by atoms with E-state index in [1.54, 1.807) is 4.90 Å². The smallest absolute Gasteiger partial charge is 0.296 e. The van der Waals surface area contributed by atoms with Crippen LogP contribution in [0.1, 0.15) is 27.7 Å². The van der Waals surface area contributed by atoms with Crippen molar-refractivity contribution in [3.8, 4) is 0 Å². The molecule has 0 amide bonds. The Balaban J connectivity index is 3.33. The highest BCUT2D eigenvalue weighted by atomic mass is 79.9. The Morgan fingerprint density at radius 1 is 1.25 bits per heavy atom. The Morgan fingerprint density at radius 3 is 2.15 bits per heavy atom. The van der Waals surface area contributed by atoms with Gasteiger partial charge in [0.05, 0.1) is 4.92 Å². The van der Waals surface area contributed by atoms with Crippen LogP contribution < -0.4 is 4.90 Å². The summed E-state index contributed by atoms with van der Waals surface area (Å²) in [5.41, 5.74) is -0.112. The zero-order valence-electron chi connectivity index (χ0n) is 12.2. The van der Waals surface area contributed by atoms with Crippen LogP contribution in [-0.4, -0.2) is 18.0 Å². The van der Waals surface area contributed by atoms with Crippen molar-refractivity contribution in [2.45, 2.75) is 27.7 Å². The minimum absolute atomic E-state index is 0.0839. The average Bonchev–Trinajstić information content (AvgIpc) is 2.25. The maximum absolute atomic E-state index is 14.2. The highest BCUT2D eigenvalue weighted by Crippen LogP contribution is 2.35. The van der Waals surface area contributed by atoms with Crippen LogP contribution in [0.25, 0.3) is 0 Å². The van der Waals surface area contributed by atoms with E-state index >= 15 is 0 Å². The lowest BCUT2D eigenvalue weighted by Gasteiger charge is -2.28. The molecule has 0 aliphatic rings. The number of halogens is 2. The molecular weight excluding hydrogens is 327 g/mol. The highest BCUT2D eigenvalue weighted by molar-refractivity contribution is 9.10. The Kier molecular flexibility index (Phi) is 5.92. The number of nitro groups is 1. The van der Waals surface area contributed by atoms with E-state index in [0.717, 1.165) is 0 Å². The van der Waals surface area contributed by atoms with E-state index < -0.39 is 10.7 Å². The van der Waals surface area contributed by atoms with Crippen molar-refractivity contribution in [2.75, 3.05) is 18.0 Å². The van der Waals surface area contributed by atoms with Gasteiger partial charge in [-0.1, -0.05) is 43.6 Å². The lowest BCUT2D eigenvalue weighted by Crippen LogP contribution is -2.32. The fraction of sp³-hybridized carbons (Fsp3) is 0.571. The molecule has 112 valence electrons. The summed E-state index contributed by atoms with van der Waals surface area (Å²) in [6, 6.07) is 2.63. The molecule has 0 atom stereocenters. The monoisotopic (exact) mass is 346 g/mol. The van der Waals surface area contributed by atoms with Crippen molar-refractivity contribution in [1.29, 1.82) is 0 Å². The fourth-order valence-corrected chi connectivity index (χ4v) is 2.56. The second kappa shape index (κ2) is 7.02. The molecular formula is C14H20BrFN2O2. The summed E-state index contributed by atoms with van der Waals surface area (Å²) < 4.78 is 14.6. The molecule has 0 heterocycles. The summed E-state index contributed by atoms with van der Waals surface area (Å²) in [4.78, 5) is 12.4. The number of nitrogens with zero attached hydrogens (tertiary/aromatic N) is 2. The van der Waals surface area contributed by atoms with Gasteiger partial charge in [0.2, 0.25) is 0 Å². The van der Waals surface area contributed by atoms with Crippen molar-refractivity contribution in [2.24, 2.45) is 11.8 Å². The number of rotatable bonds is 6. The van der Waals surface area contributed by atoms with E-state index in [1.165, 1.54) is 12.1 Å². The van der Waals surface area contributed by atoms with Gasteiger partial charge in [-0.2, -0.15) is 0 Å². The van der Waals surface area contributed by atoms with Crippen LogP contribution in [0.3, 0.4) is 0 Å². The van der Waals surface area contributed by atoms with Crippen LogP contribution in [0.4, 0.5) is 15.8 Å². The summed E-state index contributed by atoms with van der Waals surface area (Å²) in [6.07, 6.45) is 0. The van der Waals surface area contributed by atoms with Gasteiger partial charge in [0.1, 0.15) is 0 Å². The number of hydrogen-bond donors (Lipinski definition) is 0. The molecule has 0 saturated heterocycles. The van der Waals surface area contributed by atoms with E-state index in [4.69, 9.17) is 0 Å². The second-order valence-electron chi connectivity index (χ2n) is 5.71. The Hall–Kier alpha value is -1.17. The molecule has 0 unspecified atom stereocenters. The van der Waals surface area contributed by atoms with E-state index in [-0.39, 0.29) is 23.2 Å². The summed E-state index contributed by atoms with van der Waals surface area (Å²) in [7, 11) is 0. The van der Waals surface area contributed by atoms with Crippen LogP contribution >= 0.6 is 15.9 Å². The fourth-order valence-electron chi connectivity index (χ4n) is 2.14. The second-order valence-corrected chi connectivity index (χ2v) is 6.62. The molecule has 1 rings (SSSR count). The number of hydrogen-bond acceptors (Lipinski definition) is 3. The van der Waals surface area contributed by atoms with Crippen molar-refractivity contribution >= 4 is 27.3 Å². The van der Waals surface area contributed by atoms with Crippen molar-refractivity contribution in [3.05, 3.63) is 32.5 Å². The molecule has 0 radical (unpaired) electrons. The number of anilines is 1. The first-order valence-corrected chi connectivity index (χ1v) is 7.40. The maximum atomic E-state index is 14.2. The third-order valence-electron chi connectivity index (χ3n) is 2.69. The van der Waals surface area contributed by atoms with E-state index in [2.05, 4.69) is 15.9 Å². The lowest BCUT2D eigenvalue weighted by molar-refractivity contribution is -0.384. The van der Waals surface area contributed by atoms with Gasteiger partial charge in [0.25, 0.3) is 5.69 Å². The van der Waals surface area contributed by atoms with Crippen LogP contribution in [0, 0.1) is 27.8 Å². The molecule has 0 N–H and O–H groups in total. The minimum atomic E-state index is -0.563. The van der Waals surface area contributed by atoms with E-state index in [1.807, 2.05) is 27.7 Å². The normalized spacial score (nSPS) is 11.2. The summed E-state index contributed by atoms with van der Waals surface area (Å²) in [5, 5.41) is 11.2. The van der Waals surface area contributed by atoms with Gasteiger partial charge in [-0.05, 0) is 17.9 Å². The average molecular weight is 347 g/mol. The number of nitro benzene ring substituents is 1. The molecule has 1 aromatic carbocycles. The molecule has 1 aromatic rings. The predicted octanol–water partition coefficient (Wildman–Crippen LogP) is 4.61. The lowest BCUT2D eigenvalue weighted by atomic mass is 10.1. The van der Waals surface area contributed by atoms with Crippen molar-refractivity contribution in [3.63, 3.8) is 0 Å². The molecule has 0 aromatic heterocycles. The topological polar surface area (TPSA) is 46.4 Å². The first-order valence-electron chi connectivity index (χ1n) is 6.60. The molecule has 0 spiro atoms. The Morgan fingerprint density at radius 2 is 1.75 bits per heavy atom. The van der Waals surface area contributed by atoms with Crippen molar-refractivity contribution in [1.82, 2.24) is 0 Å².